The summed E-state index contributed by atoms with van der Waals surface area (Å²) in [6.45, 7) is 2.23. The van der Waals surface area contributed by atoms with E-state index in [-0.39, 0.29) is 11.8 Å². The topological polar surface area (TPSA) is 97.6 Å². The van der Waals surface area contributed by atoms with Gasteiger partial charge in [-0.2, -0.15) is 0 Å². The van der Waals surface area contributed by atoms with E-state index in [1.165, 1.54) is 5.57 Å². The van der Waals surface area contributed by atoms with Crippen molar-refractivity contribution in [1.82, 2.24) is 14.9 Å². The lowest BCUT2D eigenvalue weighted by Crippen LogP contribution is -2.55. The molecule has 2 aromatic heterocycles. The molecule has 154 valence electrons. The Balaban J connectivity index is 1.21. The van der Waals surface area contributed by atoms with Gasteiger partial charge in [-0.3, -0.25) is 9.59 Å². The Kier molecular flexibility index (Phi) is 4.71. The highest BCUT2D eigenvalue weighted by atomic mass is 16.5. The van der Waals surface area contributed by atoms with Crippen LogP contribution in [0.3, 0.4) is 0 Å². The van der Waals surface area contributed by atoms with Crippen molar-refractivity contribution < 1.29 is 18.7 Å². The summed E-state index contributed by atoms with van der Waals surface area (Å²) in [4.78, 5) is 35.1. The van der Waals surface area contributed by atoms with Gasteiger partial charge in [-0.05, 0) is 48.6 Å². The predicted molar refractivity (Wildman–Crippen MR) is 109 cm³/mol. The number of likely N-dealkylation sites (tertiary alicyclic amines) is 1. The summed E-state index contributed by atoms with van der Waals surface area (Å²) >= 11 is 0. The van der Waals surface area contributed by atoms with Crippen molar-refractivity contribution in [3.8, 4) is 0 Å². The van der Waals surface area contributed by atoms with Gasteiger partial charge in [-0.15, -0.1) is 0 Å². The van der Waals surface area contributed by atoms with E-state index in [0.717, 1.165) is 24.0 Å². The van der Waals surface area contributed by atoms with Gasteiger partial charge in [0.15, 0.2) is 0 Å². The van der Waals surface area contributed by atoms with Gasteiger partial charge in [-0.1, -0.05) is 5.57 Å². The summed E-state index contributed by atoms with van der Waals surface area (Å²) in [5, 5.41) is 2.87. The van der Waals surface area contributed by atoms with Gasteiger partial charge in [0.05, 0.1) is 19.4 Å². The number of aromatic nitrogens is 2. The van der Waals surface area contributed by atoms with Crippen LogP contribution in [0, 0.1) is 5.41 Å². The van der Waals surface area contributed by atoms with E-state index >= 15 is 0 Å². The third-order valence-electron chi connectivity index (χ3n) is 5.90. The first kappa shape index (κ1) is 18.7. The number of nitrogens with one attached hydrogen (secondary N) is 1. The Morgan fingerprint density at radius 3 is 2.77 bits per heavy atom. The number of ether oxygens (including phenoxy) is 1. The number of carbonyl (C=O) groups is 2. The molecule has 2 amide bonds. The van der Waals surface area contributed by atoms with Crippen LogP contribution < -0.4 is 5.32 Å². The molecule has 3 aliphatic rings. The monoisotopic (exact) mass is 406 g/mol. The molecule has 30 heavy (non-hydrogen) atoms. The zero-order valence-corrected chi connectivity index (χ0v) is 16.5. The second-order valence-corrected chi connectivity index (χ2v) is 8.01. The van der Waals surface area contributed by atoms with Gasteiger partial charge in [-0.25, -0.2) is 9.97 Å². The molecule has 0 unspecified atom stereocenters. The minimum atomic E-state index is -0.461. The molecule has 0 radical (unpaired) electrons. The number of carbonyl (C=O) groups excluding carboxylic acids is 2. The number of hydrogen-bond acceptors (Lipinski definition) is 6. The number of pyridine rings is 1. The van der Waals surface area contributed by atoms with Crippen LogP contribution in [0.5, 0.6) is 0 Å². The third-order valence-corrected chi connectivity index (χ3v) is 5.90. The Morgan fingerprint density at radius 1 is 1.23 bits per heavy atom. The molecule has 3 aliphatic heterocycles. The maximum Gasteiger partial charge on any atom is 0.246 e. The number of piperidine rings is 1. The fourth-order valence-corrected chi connectivity index (χ4v) is 4.05. The van der Waals surface area contributed by atoms with Crippen LogP contribution in [-0.4, -0.2) is 53.0 Å². The second-order valence-electron chi connectivity index (χ2n) is 8.01. The minimum Gasteiger partial charge on any atom is -0.445 e. The highest BCUT2D eigenvalue weighted by Gasteiger charge is 2.49. The highest BCUT2D eigenvalue weighted by Crippen LogP contribution is 2.38. The van der Waals surface area contributed by atoms with Crippen LogP contribution in [0.4, 0.5) is 5.82 Å². The Morgan fingerprint density at radius 2 is 2.07 bits per heavy atom. The van der Waals surface area contributed by atoms with Crippen molar-refractivity contribution in [1.29, 1.82) is 0 Å². The molecule has 0 aliphatic carbocycles. The smallest absolute Gasteiger partial charge is 0.246 e. The number of rotatable bonds is 3. The molecule has 0 aromatic carbocycles. The quantitative estimate of drug-likeness (QED) is 0.786. The third kappa shape index (κ3) is 3.54. The Hall–Kier alpha value is -3.26. The molecular formula is C22H22N4O4. The summed E-state index contributed by atoms with van der Waals surface area (Å²) in [7, 11) is 0. The SMILES string of the molecule is O=C(C=Cc1cnc2c(c1)CC1(COC1)C(=O)N2)N1CCC(=Cc2ncco2)CC1. The fourth-order valence-electron chi connectivity index (χ4n) is 4.05. The van der Waals surface area contributed by atoms with Crippen LogP contribution in [0.1, 0.15) is 29.9 Å². The predicted octanol–water partition coefficient (Wildman–Crippen LogP) is 2.30. The van der Waals surface area contributed by atoms with Gasteiger partial charge in [0, 0.05) is 25.4 Å². The van der Waals surface area contributed by atoms with Gasteiger partial charge in [0.2, 0.25) is 17.7 Å². The molecule has 2 aromatic rings. The van der Waals surface area contributed by atoms with Crippen LogP contribution in [0.15, 0.2) is 40.8 Å². The summed E-state index contributed by atoms with van der Waals surface area (Å²) in [5.41, 5.74) is 2.60. The number of anilines is 1. The number of oxazole rings is 1. The number of nitrogens with zero attached hydrogens (tertiary/aromatic N) is 3. The zero-order chi connectivity index (χ0) is 20.6. The van der Waals surface area contributed by atoms with Crippen molar-refractivity contribution in [2.75, 3.05) is 31.6 Å². The Bertz CT molecular complexity index is 1030. The van der Waals surface area contributed by atoms with Crippen molar-refractivity contribution in [3.05, 3.63) is 53.4 Å². The maximum absolute atomic E-state index is 12.6. The van der Waals surface area contributed by atoms with Gasteiger partial charge in [0.1, 0.15) is 17.5 Å². The van der Waals surface area contributed by atoms with Gasteiger partial charge in [0.25, 0.3) is 0 Å². The molecule has 1 N–H and O–H groups in total. The normalized spacial score (nSPS) is 20.1. The second kappa shape index (κ2) is 7.53. The fraction of sp³-hybridized carbons (Fsp3) is 0.364. The lowest BCUT2D eigenvalue weighted by molar-refractivity contribution is -0.156. The van der Waals surface area contributed by atoms with Crippen LogP contribution in [0.25, 0.3) is 12.2 Å². The molecule has 8 nitrogen and oxygen atoms in total. The van der Waals surface area contributed by atoms with E-state index in [0.29, 0.717) is 44.4 Å². The first-order chi connectivity index (χ1) is 14.6. The molecule has 2 fully saturated rings. The lowest BCUT2D eigenvalue weighted by Gasteiger charge is -2.42. The molecule has 0 atom stereocenters. The van der Waals surface area contributed by atoms with Crippen LogP contribution in [-0.2, 0) is 20.7 Å². The molecule has 5 heterocycles. The summed E-state index contributed by atoms with van der Waals surface area (Å²) in [6, 6.07) is 1.99. The summed E-state index contributed by atoms with van der Waals surface area (Å²) in [5.74, 6) is 1.17. The van der Waals surface area contributed by atoms with E-state index in [9.17, 15) is 9.59 Å². The minimum absolute atomic E-state index is 0.0138. The van der Waals surface area contributed by atoms with E-state index in [1.807, 2.05) is 17.0 Å². The number of hydrogen-bond donors (Lipinski definition) is 1. The van der Waals surface area contributed by atoms with Crippen LogP contribution in [0.2, 0.25) is 0 Å². The molecule has 2 saturated heterocycles. The average Bonchev–Trinajstić information content (AvgIpc) is 3.24. The maximum atomic E-state index is 12.6. The number of fused-ring (bicyclic) bond motifs is 1. The summed E-state index contributed by atoms with van der Waals surface area (Å²) < 4.78 is 10.5. The van der Waals surface area contributed by atoms with Gasteiger partial charge >= 0.3 is 0 Å². The molecule has 8 heteroatoms. The van der Waals surface area contributed by atoms with Crippen molar-refractivity contribution in [2.45, 2.75) is 19.3 Å². The molecule has 0 bridgehead atoms. The largest absolute Gasteiger partial charge is 0.445 e. The lowest BCUT2D eigenvalue weighted by atomic mass is 9.76. The molecule has 5 rings (SSSR count). The summed E-state index contributed by atoms with van der Waals surface area (Å²) in [6.07, 6.45) is 12.4. The highest BCUT2D eigenvalue weighted by molar-refractivity contribution is 5.98. The van der Waals surface area contributed by atoms with Crippen molar-refractivity contribution in [2.24, 2.45) is 5.41 Å². The van der Waals surface area contributed by atoms with E-state index < -0.39 is 5.41 Å². The van der Waals surface area contributed by atoms with E-state index in [1.54, 1.807) is 30.8 Å². The zero-order valence-electron chi connectivity index (χ0n) is 16.5. The Labute approximate surface area is 173 Å². The van der Waals surface area contributed by atoms with Gasteiger partial charge < -0.3 is 19.4 Å². The number of amides is 2. The molecule has 0 saturated carbocycles. The first-order valence-electron chi connectivity index (χ1n) is 10.1. The van der Waals surface area contributed by atoms with Crippen LogP contribution >= 0.6 is 0 Å². The van der Waals surface area contributed by atoms with E-state index in [2.05, 4.69) is 15.3 Å². The first-order valence-corrected chi connectivity index (χ1v) is 10.1. The average molecular weight is 406 g/mol. The van der Waals surface area contributed by atoms with Crippen molar-refractivity contribution in [3.63, 3.8) is 0 Å². The van der Waals surface area contributed by atoms with E-state index in [4.69, 9.17) is 9.15 Å². The standard InChI is InChI=1S/C22H22N4O4/c27-19(26-6-3-15(4-7-26)10-18-23-5-8-30-18)2-1-16-9-17-11-22(13-29-14-22)21(28)25-20(17)24-12-16/h1-2,5,8-10,12H,3-4,6-7,11,13-14H2,(H,24,25,28). The molecule has 1 spiro atoms. The molecular weight excluding hydrogens is 384 g/mol. The van der Waals surface area contributed by atoms with Crippen molar-refractivity contribution >= 4 is 29.8 Å².